The maximum atomic E-state index is 0. The Morgan fingerprint density at radius 3 is 0.667 bits per heavy atom. The Morgan fingerprint density at radius 1 is 0.667 bits per heavy atom. The first kappa shape index (κ1) is 84.3. The van der Waals surface area contributed by atoms with Crippen molar-refractivity contribution in [1.82, 2.24) is 0 Å². The minimum Gasteiger partial charge on any atom is -2.00 e. The molecule has 0 saturated carbocycles. The summed E-state index contributed by atoms with van der Waals surface area (Å²) in [6.07, 6.45) is 0. The molecule has 0 unspecified atom stereocenters. The molecular weight excluding hydrogens is 188 g/mol. The third-order valence-electron chi connectivity index (χ3n) is 0. The van der Waals surface area contributed by atoms with Gasteiger partial charge in [0.2, 0.25) is 0 Å². The van der Waals surface area contributed by atoms with Crippen molar-refractivity contribution in [3.05, 3.63) is 0 Å². The number of hydrogen-bond acceptors (Lipinski definition) is 0. The average Bonchev–Trinajstić information content (AvgIpc) is 0. The summed E-state index contributed by atoms with van der Waals surface area (Å²) >= 11 is 0. The Bertz CT molecular complexity index is 10.8. The Labute approximate surface area is 88.3 Å². The van der Waals surface area contributed by atoms with Crippen LogP contribution in [0.4, 0.5) is 0 Å². The molecule has 0 spiro atoms. The van der Waals surface area contributed by atoms with Crippen molar-refractivity contribution >= 4 is 40.4 Å². The largest absolute Gasteiger partial charge is 3.00 e. The fourth-order valence-electron chi connectivity index (χ4n) is 0. The van der Waals surface area contributed by atoms with E-state index in [9.17, 15) is 0 Å². The van der Waals surface area contributed by atoms with Gasteiger partial charge in [-0.3, -0.25) is 0 Å². The van der Waals surface area contributed by atoms with Crippen molar-refractivity contribution in [2.45, 2.75) is 0 Å². The van der Waals surface area contributed by atoms with Crippen LogP contribution in [0, 0.1) is 0 Å². The smallest absolute Gasteiger partial charge is 2.00 e. The van der Waals surface area contributed by atoms with E-state index in [1.54, 1.807) is 0 Å². The molecule has 0 aliphatic rings. The van der Waals surface area contributed by atoms with Gasteiger partial charge in [0.15, 0.2) is 0 Å². The zero-order valence-corrected chi connectivity index (χ0v) is 8.49. The molecule has 0 aromatic heterocycles. The number of hydrogen-bond donors (Lipinski definition) is 0. The Morgan fingerprint density at radius 2 is 0.667 bits per heavy atom. The van der Waals surface area contributed by atoms with E-state index in [-0.39, 0.29) is 89.6 Å². The van der Waals surface area contributed by atoms with Crippen LogP contribution < -0.4 is 0 Å². The van der Waals surface area contributed by atoms with Gasteiger partial charge >= 0.3 is 73.1 Å². The van der Waals surface area contributed by atoms with Crippen molar-refractivity contribution in [1.29, 1.82) is 0 Å². The molecule has 24 valence electrons. The van der Waals surface area contributed by atoms with Crippen LogP contribution in [-0.4, -0.2) is 40.4 Å². The molecule has 0 radical (unpaired) electrons. The average molecular weight is 188 g/mol. The van der Waals surface area contributed by atoms with Gasteiger partial charge in [-0.05, 0) is 0 Å². The Balaban J connectivity index is 0. The Hall–Kier alpha value is 2.28. The van der Waals surface area contributed by atoms with Crippen LogP contribution in [0.5, 0.6) is 0 Å². The van der Waals surface area contributed by atoms with Gasteiger partial charge in [-0.2, -0.15) is 0 Å². The zero-order chi connectivity index (χ0) is 0. The SMILES string of the molecule is [Al+3].[Mg+2].[O-2].[O-2].[O-2].[Y+3]. The first-order valence-electron chi connectivity index (χ1n) is 0. The van der Waals surface area contributed by atoms with Crippen LogP contribution in [0.2, 0.25) is 0 Å². The first-order valence-corrected chi connectivity index (χ1v) is 0. The van der Waals surface area contributed by atoms with Gasteiger partial charge in [-0.25, -0.2) is 0 Å². The molecule has 0 atom stereocenters. The van der Waals surface area contributed by atoms with E-state index in [1.165, 1.54) is 0 Å². The van der Waals surface area contributed by atoms with Gasteiger partial charge in [0.1, 0.15) is 0 Å². The molecule has 0 fully saturated rings. The summed E-state index contributed by atoms with van der Waals surface area (Å²) in [7, 11) is 0. The van der Waals surface area contributed by atoms with Crippen molar-refractivity contribution in [3.8, 4) is 0 Å². The second-order valence-corrected chi connectivity index (χ2v) is 0. The summed E-state index contributed by atoms with van der Waals surface area (Å²) in [5.74, 6) is 0. The van der Waals surface area contributed by atoms with Gasteiger partial charge in [0.05, 0.1) is 0 Å². The summed E-state index contributed by atoms with van der Waals surface area (Å²) in [4.78, 5) is 0. The predicted molar refractivity (Wildman–Crippen MR) is 13.6 cm³/mol. The quantitative estimate of drug-likeness (QED) is 0.431. The minimum absolute atomic E-state index is 0. The van der Waals surface area contributed by atoms with E-state index < -0.39 is 0 Å². The van der Waals surface area contributed by atoms with Gasteiger partial charge in [0.25, 0.3) is 0 Å². The predicted octanol–water partition coefficient (Wildman–Crippen LogP) is -1.12. The van der Waals surface area contributed by atoms with E-state index in [4.69, 9.17) is 0 Å². The molecule has 0 saturated heterocycles. The molecular formula is AlMgO3Y+2. The van der Waals surface area contributed by atoms with E-state index in [2.05, 4.69) is 0 Å². The standard InChI is InChI=1S/Al.Mg.3O.Y/q+3;+2;3*-2;+3. The summed E-state index contributed by atoms with van der Waals surface area (Å²) in [6, 6.07) is 0. The van der Waals surface area contributed by atoms with Crippen LogP contribution in [0.3, 0.4) is 0 Å². The second-order valence-electron chi connectivity index (χ2n) is 0. The molecule has 0 rings (SSSR count). The van der Waals surface area contributed by atoms with E-state index in [1.807, 2.05) is 0 Å². The fourth-order valence-corrected chi connectivity index (χ4v) is 0. The third-order valence-corrected chi connectivity index (χ3v) is 0. The van der Waals surface area contributed by atoms with Gasteiger partial charge in [-0.15, -0.1) is 0 Å². The van der Waals surface area contributed by atoms with Crippen LogP contribution >= 0.6 is 0 Å². The zero-order valence-electron chi connectivity index (χ0n) is 3.09. The molecule has 0 aromatic rings. The van der Waals surface area contributed by atoms with Crippen LogP contribution in [0.1, 0.15) is 0 Å². The van der Waals surface area contributed by atoms with Crippen molar-refractivity contribution in [2.24, 2.45) is 0 Å². The van der Waals surface area contributed by atoms with Crippen molar-refractivity contribution < 1.29 is 49.1 Å². The summed E-state index contributed by atoms with van der Waals surface area (Å²) in [6.45, 7) is 0. The fraction of sp³-hybridized carbons (Fsp3) is 0. The maximum Gasteiger partial charge on any atom is 3.00 e. The molecule has 6 heavy (non-hydrogen) atoms. The van der Waals surface area contributed by atoms with E-state index in [0.29, 0.717) is 0 Å². The van der Waals surface area contributed by atoms with Gasteiger partial charge in [-0.1, -0.05) is 0 Å². The van der Waals surface area contributed by atoms with E-state index >= 15 is 0 Å². The summed E-state index contributed by atoms with van der Waals surface area (Å²) < 4.78 is 0. The summed E-state index contributed by atoms with van der Waals surface area (Å²) in [5, 5.41) is 0. The molecule has 0 aliphatic heterocycles. The molecule has 0 amide bonds. The minimum atomic E-state index is 0. The van der Waals surface area contributed by atoms with Crippen LogP contribution in [-0.2, 0) is 49.1 Å². The van der Waals surface area contributed by atoms with Gasteiger partial charge < -0.3 is 16.4 Å². The van der Waals surface area contributed by atoms with Crippen LogP contribution in [0.25, 0.3) is 0 Å². The monoisotopic (exact) mass is 188 g/mol. The van der Waals surface area contributed by atoms with Crippen molar-refractivity contribution in [2.75, 3.05) is 0 Å². The molecule has 6 heteroatoms. The summed E-state index contributed by atoms with van der Waals surface area (Å²) in [5.41, 5.74) is 0. The van der Waals surface area contributed by atoms with Crippen molar-refractivity contribution in [3.63, 3.8) is 0 Å². The second kappa shape index (κ2) is 55.2. The molecule has 0 N–H and O–H groups in total. The Kier molecular flexibility index (Phi) is 775. The van der Waals surface area contributed by atoms with E-state index in [0.717, 1.165) is 0 Å². The topological polar surface area (TPSA) is 85.5 Å². The van der Waals surface area contributed by atoms with Crippen LogP contribution in [0.15, 0.2) is 0 Å². The molecule has 0 aromatic carbocycles. The van der Waals surface area contributed by atoms with Gasteiger partial charge in [0, 0.05) is 0 Å². The number of rotatable bonds is 0. The molecule has 0 bridgehead atoms. The normalized spacial score (nSPS) is 0. The molecule has 3 nitrogen and oxygen atoms in total. The maximum absolute atomic E-state index is 0. The first-order chi connectivity index (χ1) is 0. The molecule has 0 aliphatic carbocycles. The molecule has 0 heterocycles. The third kappa shape index (κ3) is 33.6.